The van der Waals surface area contributed by atoms with E-state index < -0.39 is 0 Å². The van der Waals surface area contributed by atoms with Crippen molar-refractivity contribution in [1.29, 1.82) is 0 Å². The Morgan fingerprint density at radius 2 is 1.06 bits per heavy atom. The highest BCUT2D eigenvalue weighted by atomic mass is 32.1. The Hall–Kier alpha value is -5.64. The van der Waals surface area contributed by atoms with E-state index in [9.17, 15) is 0 Å². The summed E-state index contributed by atoms with van der Waals surface area (Å²) in [6.45, 7) is 0. The predicted octanol–water partition coefficient (Wildman–Crippen LogP) is 13.9. The molecular formula is C48H38N2S. The van der Waals surface area contributed by atoms with Gasteiger partial charge in [0.2, 0.25) is 0 Å². The second-order valence-corrected chi connectivity index (χ2v) is 15.1. The highest BCUT2D eigenvalue weighted by Gasteiger charge is 2.36. The van der Waals surface area contributed by atoms with Crippen molar-refractivity contribution in [2.24, 2.45) is 0 Å². The molecule has 7 aromatic carbocycles. The summed E-state index contributed by atoms with van der Waals surface area (Å²) in [4.78, 5) is 2.49. The summed E-state index contributed by atoms with van der Waals surface area (Å²) < 4.78 is 5.07. The molecule has 3 heteroatoms. The Morgan fingerprint density at radius 1 is 0.431 bits per heavy atom. The minimum absolute atomic E-state index is 0.0123. The molecule has 0 N–H and O–H groups in total. The minimum Gasteiger partial charge on any atom is -0.310 e. The van der Waals surface area contributed by atoms with E-state index in [2.05, 4.69) is 179 Å². The van der Waals surface area contributed by atoms with Gasteiger partial charge in [0, 0.05) is 59.1 Å². The van der Waals surface area contributed by atoms with E-state index in [1.807, 2.05) is 11.3 Å². The van der Waals surface area contributed by atoms with Crippen LogP contribution in [-0.4, -0.2) is 4.57 Å². The largest absolute Gasteiger partial charge is 0.310 e. The molecule has 0 bridgehead atoms. The van der Waals surface area contributed by atoms with Crippen LogP contribution in [0.3, 0.4) is 0 Å². The Bertz CT molecular complexity index is 2680. The molecule has 246 valence electrons. The minimum atomic E-state index is 0.0123. The van der Waals surface area contributed by atoms with Gasteiger partial charge < -0.3 is 9.47 Å². The summed E-state index contributed by atoms with van der Waals surface area (Å²) in [5.41, 5.74) is 9.97. The molecule has 51 heavy (non-hydrogen) atoms. The Kier molecular flexibility index (Phi) is 7.28. The van der Waals surface area contributed by atoms with Gasteiger partial charge in [-0.15, -0.1) is 11.3 Å². The van der Waals surface area contributed by atoms with E-state index in [0.29, 0.717) is 0 Å². The molecule has 1 saturated carbocycles. The number of hydrogen-bond donors (Lipinski definition) is 0. The Morgan fingerprint density at radius 3 is 1.90 bits per heavy atom. The molecule has 0 radical (unpaired) electrons. The predicted molar refractivity (Wildman–Crippen MR) is 219 cm³/mol. The van der Waals surface area contributed by atoms with Crippen molar-refractivity contribution in [2.75, 3.05) is 4.90 Å². The number of rotatable bonds is 6. The number of nitrogens with zero attached hydrogens (tertiary/aromatic N) is 2. The van der Waals surface area contributed by atoms with Gasteiger partial charge >= 0.3 is 0 Å². The van der Waals surface area contributed by atoms with Crippen molar-refractivity contribution in [3.63, 3.8) is 0 Å². The molecule has 2 nitrogen and oxygen atoms in total. The van der Waals surface area contributed by atoms with Crippen LogP contribution >= 0.6 is 11.3 Å². The van der Waals surface area contributed by atoms with Gasteiger partial charge in [0.25, 0.3) is 0 Å². The van der Waals surface area contributed by atoms with E-state index in [0.717, 1.165) is 5.69 Å². The van der Waals surface area contributed by atoms with Gasteiger partial charge in [-0.05, 0) is 90.7 Å². The molecule has 2 aromatic heterocycles. The van der Waals surface area contributed by atoms with Gasteiger partial charge in [-0.1, -0.05) is 122 Å². The second-order valence-electron chi connectivity index (χ2n) is 14.1. The standard InChI is InChI=1S/C48H38N2S/c1-4-15-34(16-5-1)48(29-12-3-13-30-48)35-17-14-20-37(31-35)49(38-26-28-47-43(32-38)42-22-9-11-24-46(42)51-47)39-25-27-41-40-21-8-10-23-44(40)50(45(41)33-39)36-18-6-2-7-19-36/h1-2,4-11,14-28,31-33H,3,12-13,29-30H2. The molecule has 1 fully saturated rings. The summed E-state index contributed by atoms with van der Waals surface area (Å²) in [6.07, 6.45) is 6.17. The molecule has 0 saturated heterocycles. The number of aromatic nitrogens is 1. The molecule has 0 aliphatic heterocycles. The van der Waals surface area contributed by atoms with Gasteiger partial charge in [0.1, 0.15) is 0 Å². The maximum absolute atomic E-state index is 2.49. The zero-order valence-corrected chi connectivity index (χ0v) is 29.3. The van der Waals surface area contributed by atoms with Crippen LogP contribution in [0, 0.1) is 0 Å². The van der Waals surface area contributed by atoms with E-state index in [1.165, 1.54) is 102 Å². The SMILES string of the molecule is c1ccc(-n2c3ccccc3c3ccc(N(c4cccc(C5(c6ccccc6)CCCCC5)c4)c4ccc5sc6ccccc6c5c4)cc32)cc1. The zero-order valence-electron chi connectivity index (χ0n) is 28.5. The van der Waals surface area contributed by atoms with Crippen molar-refractivity contribution in [2.45, 2.75) is 37.5 Å². The third kappa shape index (κ3) is 4.99. The first-order valence-corrected chi connectivity index (χ1v) is 19.0. The van der Waals surface area contributed by atoms with Gasteiger partial charge in [-0.3, -0.25) is 0 Å². The van der Waals surface area contributed by atoms with Crippen LogP contribution in [0.5, 0.6) is 0 Å². The van der Waals surface area contributed by atoms with Gasteiger partial charge in [0.15, 0.2) is 0 Å². The quantitative estimate of drug-likeness (QED) is 0.170. The molecule has 0 unspecified atom stereocenters. The number of benzene rings is 7. The Labute approximate surface area is 302 Å². The first-order valence-electron chi connectivity index (χ1n) is 18.2. The van der Waals surface area contributed by atoms with Crippen molar-refractivity contribution in [1.82, 2.24) is 4.57 Å². The zero-order chi connectivity index (χ0) is 33.8. The molecule has 9 aromatic rings. The number of para-hydroxylation sites is 2. The molecule has 2 heterocycles. The molecule has 1 aliphatic rings. The fraction of sp³-hybridized carbons (Fsp3) is 0.125. The van der Waals surface area contributed by atoms with Crippen LogP contribution in [0.2, 0.25) is 0 Å². The van der Waals surface area contributed by atoms with Crippen molar-refractivity contribution >= 4 is 70.4 Å². The summed E-state index contributed by atoms with van der Waals surface area (Å²) in [5, 5.41) is 5.15. The summed E-state index contributed by atoms with van der Waals surface area (Å²) in [7, 11) is 0. The van der Waals surface area contributed by atoms with E-state index in [-0.39, 0.29) is 5.41 Å². The van der Waals surface area contributed by atoms with Crippen LogP contribution in [0.15, 0.2) is 170 Å². The first kappa shape index (κ1) is 30.2. The van der Waals surface area contributed by atoms with Crippen LogP contribution < -0.4 is 4.90 Å². The average molecular weight is 675 g/mol. The van der Waals surface area contributed by atoms with E-state index in [1.54, 1.807) is 0 Å². The topological polar surface area (TPSA) is 8.17 Å². The normalized spacial score (nSPS) is 14.4. The Balaban J connectivity index is 1.22. The van der Waals surface area contributed by atoms with Crippen LogP contribution in [0.4, 0.5) is 17.1 Å². The lowest BCUT2D eigenvalue weighted by molar-refractivity contribution is 0.346. The molecule has 0 amide bonds. The fourth-order valence-electron chi connectivity index (χ4n) is 8.85. The number of fused-ring (bicyclic) bond motifs is 6. The van der Waals surface area contributed by atoms with Gasteiger partial charge in [-0.2, -0.15) is 0 Å². The van der Waals surface area contributed by atoms with Gasteiger partial charge in [0.05, 0.1) is 11.0 Å². The van der Waals surface area contributed by atoms with Crippen molar-refractivity contribution in [3.8, 4) is 5.69 Å². The lowest BCUT2D eigenvalue weighted by Crippen LogP contribution is -2.30. The summed E-state index contributed by atoms with van der Waals surface area (Å²) in [5.74, 6) is 0. The van der Waals surface area contributed by atoms with Crippen LogP contribution in [0.1, 0.15) is 43.2 Å². The molecule has 10 rings (SSSR count). The molecule has 0 spiro atoms. The van der Waals surface area contributed by atoms with Crippen molar-refractivity contribution < 1.29 is 0 Å². The molecule has 0 atom stereocenters. The van der Waals surface area contributed by atoms with Crippen LogP contribution in [0.25, 0.3) is 47.7 Å². The highest BCUT2D eigenvalue weighted by molar-refractivity contribution is 7.25. The maximum atomic E-state index is 2.49. The fourth-order valence-corrected chi connectivity index (χ4v) is 9.94. The smallest absolute Gasteiger partial charge is 0.0561 e. The average Bonchev–Trinajstić information content (AvgIpc) is 3.74. The third-order valence-corrected chi connectivity index (χ3v) is 12.4. The first-order chi connectivity index (χ1) is 25.3. The lowest BCUT2D eigenvalue weighted by Gasteiger charge is -2.39. The number of thiophene rings is 1. The highest BCUT2D eigenvalue weighted by Crippen LogP contribution is 2.48. The van der Waals surface area contributed by atoms with E-state index >= 15 is 0 Å². The molecular weight excluding hydrogens is 637 g/mol. The van der Waals surface area contributed by atoms with E-state index in [4.69, 9.17) is 0 Å². The number of anilines is 3. The van der Waals surface area contributed by atoms with Gasteiger partial charge in [-0.25, -0.2) is 0 Å². The second kappa shape index (κ2) is 12.3. The summed E-state index contributed by atoms with van der Waals surface area (Å²) >= 11 is 1.87. The number of hydrogen-bond acceptors (Lipinski definition) is 2. The monoisotopic (exact) mass is 674 g/mol. The maximum Gasteiger partial charge on any atom is 0.0561 e. The lowest BCUT2D eigenvalue weighted by atomic mass is 9.65. The molecule has 1 aliphatic carbocycles. The third-order valence-electron chi connectivity index (χ3n) is 11.2. The van der Waals surface area contributed by atoms with Crippen LogP contribution in [-0.2, 0) is 5.41 Å². The summed E-state index contributed by atoms with van der Waals surface area (Å²) in [6, 6.07) is 63.2. The van der Waals surface area contributed by atoms with Crippen molar-refractivity contribution in [3.05, 3.63) is 181 Å².